The van der Waals surface area contributed by atoms with Crippen molar-refractivity contribution in [2.45, 2.75) is 77.4 Å². The standard InChI is InChI=1S/C15H30N2/c1-11-7-8-15(16)14(9-11)10-17-12(2)5-4-6-13(17)3/h11-15H,4-10,16H2,1-3H3. The summed E-state index contributed by atoms with van der Waals surface area (Å²) in [5.74, 6) is 1.62. The summed E-state index contributed by atoms with van der Waals surface area (Å²) in [5.41, 5.74) is 6.32. The molecule has 2 nitrogen and oxygen atoms in total. The van der Waals surface area contributed by atoms with Crippen LogP contribution in [0.5, 0.6) is 0 Å². The molecule has 2 fully saturated rings. The summed E-state index contributed by atoms with van der Waals surface area (Å²) in [4.78, 5) is 2.73. The molecule has 17 heavy (non-hydrogen) atoms. The molecule has 5 unspecified atom stereocenters. The highest BCUT2D eigenvalue weighted by Gasteiger charge is 2.32. The largest absolute Gasteiger partial charge is 0.327 e. The van der Waals surface area contributed by atoms with Crippen LogP contribution in [0.25, 0.3) is 0 Å². The molecular formula is C15H30N2. The smallest absolute Gasteiger partial charge is 0.00795 e. The number of hydrogen-bond donors (Lipinski definition) is 1. The van der Waals surface area contributed by atoms with E-state index in [9.17, 15) is 0 Å². The first-order chi connectivity index (χ1) is 8.08. The van der Waals surface area contributed by atoms with Crippen LogP contribution in [0.4, 0.5) is 0 Å². The van der Waals surface area contributed by atoms with Crippen LogP contribution >= 0.6 is 0 Å². The first-order valence-electron chi connectivity index (χ1n) is 7.59. The van der Waals surface area contributed by atoms with Gasteiger partial charge in [0.2, 0.25) is 0 Å². The van der Waals surface area contributed by atoms with Crippen molar-refractivity contribution in [3.8, 4) is 0 Å². The highest BCUT2D eigenvalue weighted by Crippen LogP contribution is 2.31. The zero-order valence-corrected chi connectivity index (χ0v) is 11.9. The molecule has 1 aliphatic carbocycles. The predicted octanol–water partition coefficient (Wildman–Crippen LogP) is 3.01. The molecular weight excluding hydrogens is 208 g/mol. The number of hydrogen-bond acceptors (Lipinski definition) is 2. The Morgan fingerprint density at radius 2 is 1.65 bits per heavy atom. The summed E-state index contributed by atoms with van der Waals surface area (Å²) in [6.45, 7) is 8.43. The summed E-state index contributed by atoms with van der Waals surface area (Å²) in [7, 11) is 0. The molecule has 1 heterocycles. The maximum Gasteiger partial charge on any atom is 0.00795 e. The van der Waals surface area contributed by atoms with Crippen molar-refractivity contribution in [3.05, 3.63) is 0 Å². The van der Waals surface area contributed by atoms with Gasteiger partial charge in [-0.3, -0.25) is 4.90 Å². The molecule has 1 saturated heterocycles. The fraction of sp³-hybridized carbons (Fsp3) is 1.00. The van der Waals surface area contributed by atoms with Gasteiger partial charge in [-0.25, -0.2) is 0 Å². The average Bonchev–Trinajstić information content (AvgIpc) is 2.28. The van der Waals surface area contributed by atoms with E-state index in [0.717, 1.165) is 23.9 Å². The Hall–Kier alpha value is -0.0800. The maximum absolute atomic E-state index is 6.32. The van der Waals surface area contributed by atoms with Gasteiger partial charge in [0, 0.05) is 24.7 Å². The first kappa shape index (κ1) is 13.4. The Labute approximate surface area is 107 Å². The molecule has 2 rings (SSSR count). The van der Waals surface area contributed by atoms with Gasteiger partial charge in [-0.15, -0.1) is 0 Å². The second kappa shape index (κ2) is 5.71. The number of piperidine rings is 1. The molecule has 0 amide bonds. The van der Waals surface area contributed by atoms with Crippen LogP contribution in [0, 0.1) is 11.8 Å². The van der Waals surface area contributed by atoms with E-state index in [1.54, 1.807) is 0 Å². The fourth-order valence-corrected chi connectivity index (χ4v) is 3.84. The van der Waals surface area contributed by atoms with Gasteiger partial charge in [0.1, 0.15) is 0 Å². The van der Waals surface area contributed by atoms with Gasteiger partial charge < -0.3 is 5.73 Å². The lowest BCUT2D eigenvalue weighted by Crippen LogP contribution is -2.50. The monoisotopic (exact) mass is 238 g/mol. The molecule has 0 bridgehead atoms. The molecule has 0 aromatic rings. The Morgan fingerprint density at radius 1 is 1.00 bits per heavy atom. The van der Waals surface area contributed by atoms with Crippen LogP contribution in [-0.4, -0.2) is 29.6 Å². The van der Waals surface area contributed by atoms with E-state index in [0.29, 0.717) is 6.04 Å². The van der Waals surface area contributed by atoms with Crippen molar-refractivity contribution < 1.29 is 0 Å². The third kappa shape index (κ3) is 3.23. The van der Waals surface area contributed by atoms with Crippen molar-refractivity contribution in [1.29, 1.82) is 0 Å². The van der Waals surface area contributed by atoms with E-state index in [1.807, 2.05) is 0 Å². The Morgan fingerprint density at radius 3 is 2.29 bits per heavy atom. The number of nitrogens with two attached hydrogens (primary N) is 1. The van der Waals surface area contributed by atoms with Crippen molar-refractivity contribution in [2.24, 2.45) is 17.6 Å². The molecule has 1 aliphatic heterocycles. The molecule has 1 saturated carbocycles. The lowest BCUT2D eigenvalue weighted by molar-refractivity contribution is 0.0638. The molecule has 0 spiro atoms. The van der Waals surface area contributed by atoms with Crippen LogP contribution in [0.2, 0.25) is 0 Å². The van der Waals surface area contributed by atoms with Gasteiger partial charge in [0.15, 0.2) is 0 Å². The zero-order chi connectivity index (χ0) is 12.4. The summed E-state index contributed by atoms with van der Waals surface area (Å²) >= 11 is 0. The van der Waals surface area contributed by atoms with Crippen LogP contribution in [0.1, 0.15) is 59.3 Å². The third-order valence-electron chi connectivity index (χ3n) is 5.12. The SMILES string of the molecule is CC1CCC(N)C(CN2C(C)CCCC2C)C1. The minimum Gasteiger partial charge on any atom is -0.327 e. The van der Waals surface area contributed by atoms with Crippen LogP contribution < -0.4 is 5.73 Å². The van der Waals surface area contributed by atoms with E-state index in [4.69, 9.17) is 5.73 Å². The highest BCUT2D eigenvalue weighted by atomic mass is 15.2. The molecule has 100 valence electrons. The van der Waals surface area contributed by atoms with Gasteiger partial charge in [0.25, 0.3) is 0 Å². The van der Waals surface area contributed by atoms with E-state index < -0.39 is 0 Å². The summed E-state index contributed by atoms with van der Waals surface area (Å²) in [5, 5.41) is 0. The summed E-state index contributed by atoms with van der Waals surface area (Å²) < 4.78 is 0. The molecule has 2 aliphatic rings. The number of likely N-dealkylation sites (tertiary alicyclic amines) is 1. The van der Waals surface area contributed by atoms with Gasteiger partial charge >= 0.3 is 0 Å². The first-order valence-corrected chi connectivity index (χ1v) is 7.59. The Bertz CT molecular complexity index is 231. The van der Waals surface area contributed by atoms with Crippen LogP contribution in [0.15, 0.2) is 0 Å². The maximum atomic E-state index is 6.32. The topological polar surface area (TPSA) is 29.3 Å². The van der Waals surface area contributed by atoms with Gasteiger partial charge in [-0.2, -0.15) is 0 Å². The lowest BCUT2D eigenvalue weighted by atomic mass is 9.78. The fourth-order valence-electron chi connectivity index (χ4n) is 3.84. The zero-order valence-electron chi connectivity index (χ0n) is 11.9. The average molecular weight is 238 g/mol. The van der Waals surface area contributed by atoms with Gasteiger partial charge in [0.05, 0.1) is 0 Å². The predicted molar refractivity (Wildman–Crippen MR) is 74.0 cm³/mol. The number of nitrogens with zero attached hydrogens (tertiary/aromatic N) is 1. The van der Waals surface area contributed by atoms with Crippen molar-refractivity contribution in [2.75, 3.05) is 6.54 Å². The Balaban J connectivity index is 1.93. The van der Waals surface area contributed by atoms with E-state index in [-0.39, 0.29) is 0 Å². The van der Waals surface area contributed by atoms with E-state index in [1.165, 1.54) is 45.1 Å². The highest BCUT2D eigenvalue weighted by molar-refractivity contribution is 4.87. The molecule has 0 radical (unpaired) electrons. The quantitative estimate of drug-likeness (QED) is 0.801. The van der Waals surface area contributed by atoms with E-state index >= 15 is 0 Å². The summed E-state index contributed by atoms with van der Waals surface area (Å²) in [6, 6.07) is 1.99. The minimum absolute atomic E-state index is 0.451. The van der Waals surface area contributed by atoms with Crippen molar-refractivity contribution >= 4 is 0 Å². The minimum atomic E-state index is 0.451. The molecule has 2 heteroatoms. The normalized spacial score (nSPS) is 44.8. The van der Waals surface area contributed by atoms with Crippen LogP contribution in [0.3, 0.4) is 0 Å². The molecule has 0 aromatic carbocycles. The Kier molecular flexibility index (Phi) is 4.48. The van der Waals surface area contributed by atoms with Crippen LogP contribution in [-0.2, 0) is 0 Å². The second-order valence-corrected chi connectivity index (χ2v) is 6.67. The lowest BCUT2D eigenvalue weighted by Gasteiger charge is -2.43. The van der Waals surface area contributed by atoms with Gasteiger partial charge in [-0.05, 0) is 57.8 Å². The molecule has 5 atom stereocenters. The van der Waals surface area contributed by atoms with E-state index in [2.05, 4.69) is 25.7 Å². The summed E-state index contributed by atoms with van der Waals surface area (Å²) in [6.07, 6.45) is 8.08. The van der Waals surface area contributed by atoms with Crippen molar-refractivity contribution in [3.63, 3.8) is 0 Å². The molecule has 0 aromatic heterocycles. The molecule has 2 N–H and O–H groups in total. The van der Waals surface area contributed by atoms with Gasteiger partial charge in [-0.1, -0.05) is 13.3 Å². The third-order valence-corrected chi connectivity index (χ3v) is 5.12. The number of rotatable bonds is 2. The second-order valence-electron chi connectivity index (χ2n) is 6.67. The van der Waals surface area contributed by atoms with Crippen molar-refractivity contribution in [1.82, 2.24) is 4.90 Å².